The van der Waals surface area contributed by atoms with Gasteiger partial charge in [0.2, 0.25) is 17.7 Å². The lowest BCUT2D eigenvalue weighted by atomic mass is 9.74. The molecule has 0 radical (unpaired) electrons. The first-order chi connectivity index (χ1) is 18.4. The molecule has 5 rings (SSSR count). The van der Waals surface area contributed by atoms with Crippen molar-refractivity contribution in [1.29, 1.82) is 0 Å². The van der Waals surface area contributed by atoms with Crippen molar-refractivity contribution >= 4 is 35.2 Å². The first-order valence-electron chi connectivity index (χ1n) is 14.0. The molecule has 1 aromatic carbocycles. The molecule has 5 atom stereocenters. The second-order valence-electron chi connectivity index (χ2n) is 11.0. The predicted octanol–water partition coefficient (Wildman–Crippen LogP) is 3.64. The van der Waals surface area contributed by atoms with Crippen molar-refractivity contribution < 1.29 is 19.5 Å². The standard InChI is InChI=1S/C30H39N3O4S/c1-3-4-8-17-31-18-12-16-30-24(27(36)33(19-9-10-21-34)25(30)28(31)37)23-26(35)32(22-13-6-5-7-14-22)20-11-15-29(23,2)38-30/h5-7,11-16,23-25,34H,3-4,8-10,17-21H2,1-2H3/t23-,24+,25?,29+,30+/m1/s1. The molecule has 1 unspecified atom stereocenters. The molecule has 38 heavy (non-hydrogen) atoms. The minimum atomic E-state index is -0.813. The van der Waals surface area contributed by atoms with Crippen LogP contribution in [0.3, 0.4) is 0 Å². The number of anilines is 1. The van der Waals surface area contributed by atoms with E-state index in [0.29, 0.717) is 39.0 Å². The third-order valence-electron chi connectivity index (χ3n) is 8.55. The van der Waals surface area contributed by atoms with E-state index in [2.05, 4.69) is 26.0 Å². The van der Waals surface area contributed by atoms with Gasteiger partial charge in [0.15, 0.2) is 0 Å². The molecular formula is C30H39N3O4S. The zero-order valence-electron chi connectivity index (χ0n) is 22.4. The number of benzene rings is 1. The Balaban J connectivity index is 1.56. The van der Waals surface area contributed by atoms with Crippen molar-refractivity contribution in [2.24, 2.45) is 11.8 Å². The van der Waals surface area contributed by atoms with Crippen molar-refractivity contribution in [3.05, 3.63) is 54.6 Å². The molecule has 2 saturated heterocycles. The smallest absolute Gasteiger partial charge is 0.247 e. The van der Waals surface area contributed by atoms with E-state index in [1.165, 1.54) is 0 Å². The molecule has 4 heterocycles. The maximum Gasteiger partial charge on any atom is 0.247 e. The minimum Gasteiger partial charge on any atom is -0.396 e. The van der Waals surface area contributed by atoms with Crippen LogP contribution >= 0.6 is 11.8 Å². The second-order valence-corrected chi connectivity index (χ2v) is 12.8. The van der Waals surface area contributed by atoms with Crippen LogP contribution in [0.1, 0.15) is 46.0 Å². The van der Waals surface area contributed by atoms with Gasteiger partial charge in [-0.2, -0.15) is 0 Å². The number of aliphatic hydroxyl groups excluding tert-OH is 1. The van der Waals surface area contributed by atoms with Gasteiger partial charge in [0.25, 0.3) is 0 Å². The number of hydrogen-bond donors (Lipinski definition) is 1. The Morgan fingerprint density at radius 1 is 0.895 bits per heavy atom. The van der Waals surface area contributed by atoms with Crippen molar-refractivity contribution in [2.75, 3.05) is 37.7 Å². The summed E-state index contributed by atoms with van der Waals surface area (Å²) in [6, 6.07) is 8.96. The fraction of sp³-hybridized carbons (Fsp3) is 0.567. The Bertz CT molecular complexity index is 1120. The number of thioether (sulfide) groups is 1. The first kappa shape index (κ1) is 27.0. The van der Waals surface area contributed by atoms with Crippen LogP contribution in [0.4, 0.5) is 5.69 Å². The van der Waals surface area contributed by atoms with Crippen LogP contribution < -0.4 is 4.90 Å². The van der Waals surface area contributed by atoms with Gasteiger partial charge in [-0.15, -0.1) is 11.8 Å². The average Bonchev–Trinajstić information content (AvgIpc) is 3.17. The number of hydrogen-bond acceptors (Lipinski definition) is 5. The molecule has 0 saturated carbocycles. The van der Waals surface area contributed by atoms with E-state index in [0.717, 1.165) is 24.9 Å². The average molecular weight is 538 g/mol. The Morgan fingerprint density at radius 2 is 1.63 bits per heavy atom. The molecule has 2 fully saturated rings. The largest absolute Gasteiger partial charge is 0.396 e. The summed E-state index contributed by atoms with van der Waals surface area (Å²) in [4.78, 5) is 48.3. The summed E-state index contributed by atoms with van der Waals surface area (Å²) in [5, 5.41) is 9.40. The number of aliphatic hydroxyl groups is 1. The summed E-state index contributed by atoms with van der Waals surface area (Å²) in [6.45, 7) is 6.29. The molecule has 0 bridgehead atoms. The van der Waals surface area contributed by atoms with Crippen LogP contribution in [0, 0.1) is 11.8 Å². The molecule has 8 heteroatoms. The quantitative estimate of drug-likeness (QED) is 0.384. The summed E-state index contributed by atoms with van der Waals surface area (Å²) in [7, 11) is 0. The Labute approximate surface area is 229 Å². The van der Waals surface area contributed by atoms with Crippen LogP contribution in [0.15, 0.2) is 54.6 Å². The Morgan fingerprint density at radius 3 is 2.37 bits per heavy atom. The van der Waals surface area contributed by atoms with Crippen molar-refractivity contribution in [3.63, 3.8) is 0 Å². The Hall–Kier alpha value is -2.58. The highest BCUT2D eigenvalue weighted by Crippen LogP contribution is 2.65. The van der Waals surface area contributed by atoms with E-state index in [9.17, 15) is 19.5 Å². The molecule has 204 valence electrons. The topological polar surface area (TPSA) is 81.2 Å². The normalized spacial score (nSPS) is 32.3. The second kappa shape index (κ2) is 10.9. The van der Waals surface area contributed by atoms with Gasteiger partial charge in [-0.05, 0) is 38.3 Å². The molecule has 4 aliphatic heterocycles. The van der Waals surface area contributed by atoms with Gasteiger partial charge in [-0.3, -0.25) is 14.4 Å². The minimum absolute atomic E-state index is 0.0187. The number of carbonyl (C=O) groups excluding carboxylic acids is 3. The zero-order chi connectivity index (χ0) is 26.9. The van der Waals surface area contributed by atoms with E-state index >= 15 is 0 Å². The number of para-hydroxylation sites is 1. The van der Waals surface area contributed by atoms with Gasteiger partial charge in [-0.25, -0.2) is 0 Å². The molecule has 1 aromatic rings. The lowest BCUT2D eigenvalue weighted by Gasteiger charge is -2.37. The molecule has 7 nitrogen and oxygen atoms in total. The number of nitrogens with zero attached hydrogens (tertiary/aromatic N) is 3. The number of amides is 3. The fourth-order valence-corrected chi connectivity index (χ4v) is 8.95. The van der Waals surface area contributed by atoms with E-state index in [1.54, 1.807) is 21.6 Å². The van der Waals surface area contributed by atoms with Crippen molar-refractivity contribution in [3.8, 4) is 0 Å². The van der Waals surface area contributed by atoms with Crippen molar-refractivity contribution in [2.45, 2.75) is 61.5 Å². The summed E-state index contributed by atoms with van der Waals surface area (Å²) in [6.07, 6.45) is 12.5. The number of fused-ring (bicyclic) bond motifs is 2. The molecular weight excluding hydrogens is 498 g/mol. The van der Waals surface area contributed by atoms with Gasteiger partial charge in [0, 0.05) is 43.2 Å². The van der Waals surface area contributed by atoms with Crippen LogP contribution in [0.25, 0.3) is 0 Å². The number of unbranched alkanes of at least 4 members (excludes halogenated alkanes) is 3. The van der Waals surface area contributed by atoms with Crippen LogP contribution in [0.5, 0.6) is 0 Å². The van der Waals surface area contributed by atoms with Gasteiger partial charge < -0.3 is 19.8 Å². The highest BCUT2D eigenvalue weighted by atomic mass is 32.2. The molecule has 0 aromatic heterocycles. The summed E-state index contributed by atoms with van der Waals surface area (Å²) >= 11 is 1.63. The number of likely N-dealkylation sites (tertiary alicyclic amines) is 1. The van der Waals surface area contributed by atoms with Gasteiger partial charge in [0.05, 0.1) is 16.6 Å². The third kappa shape index (κ3) is 4.39. The SMILES string of the molecule is CCCCCN1CC=C[C@]23S[C@@]4(C)C=CCN(c5ccccc5)C(=O)[C@H]4[C@H]2C(=O)N(CCCCO)C3C1=O. The monoisotopic (exact) mass is 537 g/mol. The molecule has 4 aliphatic rings. The van der Waals surface area contributed by atoms with E-state index < -0.39 is 27.4 Å². The summed E-state index contributed by atoms with van der Waals surface area (Å²) in [5.41, 5.74) is 0.814. The Kier molecular flexibility index (Phi) is 7.74. The highest BCUT2D eigenvalue weighted by molar-refractivity contribution is 8.02. The van der Waals surface area contributed by atoms with E-state index in [4.69, 9.17) is 0 Å². The highest BCUT2D eigenvalue weighted by Gasteiger charge is 2.73. The van der Waals surface area contributed by atoms with Crippen molar-refractivity contribution in [1.82, 2.24) is 9.80 Å². The third-order valence-corrected chi connectivity index (χ3v) is 10.3. The van der Waals surface area contributed by atoms with E-state index in [1.807, 2.05) is 47.4 Å². The molecule has 3 amide bonds. The maximum absolute atomic E-state index is 14.3. The lowest BCUT2D eigenvalue weighted by molar-refractivity contribution is -0.142. The van der Waals surface area contributed by atoms with Crippen LogP contribution in [-0.2, 0) is 14.4 Å². The zero-order valence-corrected chi connectivity index (χ0v) is 23.2. The summed E-state index contributed by atoms with van der Waals surface area (Å²) < 4.78 is -1.43. The van der Waals surface area contributed by atoms with Crippen LogP contribution in [-0.4, -0.2) is 80.9 Å². The molecule has 1 N–H and O–H groups in total. The predicted molar refractivity (Wildman–Crippen MR) is 151 cm³/mol. The summed E-state index contributed by atoms with van der Waals surface area (Å²) in [5.74, 6) is -1.41. The molecule has 1 spiro atoms. The van der Waals surface area contributed by atoms with Gasteiger partial charge >= 0.3 is 0 Å². The molecule has 0 aliphatic carbocycles. The number of rotatable bonds is 9. The number of carbonyl (C=O) groups is 3. The maximum atomic E-state index is 14.3. The lowest BCUT2D eigenvalue weighted by Crippen LogP contribution is -2.53. The van der Waals surface area contributed by atoms with Crippen LogP contribution in [0.2, 0.25) is 0 Å². The fourth-order valence-electron chi connectivity index (χ4n) is 6.80. The first-order valence-corrected chi connectivity index (χ1v) is 14.8. The van der Waals surface area contributed by atoms with Gasteiger partial charge in [-0.1, -0.05) is 62.3 Å². The van der Waals surface area contributed by atoms with E-state index in [-0.39, 0.29) is 24.3 Å². The van der Waals surface area contributed by atoms with Gasteiger partial charge in [0.1, 0.15) is 6.04 Å².